The SMILES string of the molecule is CCNC(=NCc1c(C)nn(C)c1C)NCC1CCSCC1. The Kier molecular flexibility index (Phi) is 6.61. The number of rotatable bonds is 5. The van der Waals surface area contributed by atoms with Crippen molar-refractivity contribution in [3.05, 3.63) is 17.0 Å². The quantitative estimate of drug-likeness (QED) is 0.644. The summed E-state index contributed by atoms with van der Waals surface area (Å²) in [5, 5.41) is 11.3. The van der Waals surface area contributed by atoms with E-state index in [1.54, 1.807) is 0 Å². The van der Waals surface area contributed by atoms with Gasteiger partial charge in [0.25, 0.3) is 0 Å². The smallest absolute Gasteiger partial charge is 0.191 e. The molecule has 1 aromatic heterocycles. The van der Waals surface area contributed by atoms with E-state index < -0.39 is 0 Å². The molecule has 1 fully saturated rings. The molecule has 124 valence electrons. The van der Waals surface area contributed by atoms with E-state index >= 15 is 0 Å². The first-order valence-corrected chi connectivity index (χ1v) is 9.36. The van der Waals surface area contributed by atoms with Gasteiger partial charge < -0.3 is 10.6 Å². The lowest BCUT2D eigenvalue weighted by Gasteiger charge is -2.22. The topological polar surface area (TPSA) is 54.2 Å². The minimum absolute atomic E-state index is 0.682. The zero-order chi connectivity index (χ0) is 15.9. The molecule has 0 aromatic carbocycles. The predicted octanol–water partition coefficient (Wildman–Crippen LogP) is 2.24. The second kappa shape index (κ2) is 8.46. The lowest BCUT2D eigenvalue weighted by Crippen LogP contribution is -2.40. The molecule has 6 heteroatoms. The van der Waals surface area contributed by atoms with E-state index in [2.05, 4.69) is 48.3 Å². The van der Waals surface area contributed by atoms with Crippen LogP contribution in [0, 0.1) is 19.8 Å². The second-order valence-corrected chi connectivity index (χ2v) is 7.13. The lowest BCUT2D eigenvalue weighted by molar-refractivity contribution is 0.479. The Balaban J connectivity index is 1.94. The highest BCUT2D eigenvalue weighted by Crippen LogP contribution is 2.21. The van der Waals surface area contributed by atoms with E-state index in [0.717, 1.165) is 30.7 Å². The number of guanidine groups is 1. The Morgan fingerprint density at radius 3 is 2.64 bits per heavy atom. The fraction of sp³-hybridized carbons (Fsp3) is 0.750. The Hall–Kier alpha value is -1.17. The number of aromatic nitrogens is 2. The lowest BCUT2D eigenvalue weighted by atomic mass is 10.0. The largest absolute Gasteiger partial charge is 0.357 e. The van der Waals surface area contributed by atoms with Crippen molar-refractivity contribution in [3.63, 3.8) is 0 Å². The minimum atomic E-state index is 0.682. The summed E-state index contributed by atoms with van der Waals surface area (Å²) in [6.07, 6.45) is 2.63. The van der Waals surface area contributed by atoms with E-state index in [4.69, 9.17) is 4.99 Å². The van der Waals surface area contributed by atoms with Gasteiger partial charge in [-0.1, -0.05) is 0 Å². The van der Waals surface area contributed by atoms with Crippen molar-refractivity contribution in [2.75, 3.05) is 24.6 Å². The molecular formula is C16H29N5S. The maximum absolute atomic E-state index is 4.74. The average Bonchev–Trinajstić information content (AvgIpc) is 2.76. The third-order valence-electron chi connectivity index (χ3n) is 4.30. The van der Waals surface area contributed by atoms with Crippen LogP contribution in [-0.2, 0) is 13.6 Å². The summed E-state index contributed by atoms with van der Waals surface area (Å²) < 4.78 is 1.93. The Labute approximate surface area is 138 Å². The van der Waals surface area contributed by atoms with Crippen LogP contribution in [-0.4, -0.2) is 40.3 Å². The van der Waals surface area contributed by atoms with Crippen LogP contribution in [0.25, 0.3) is 0 Å². The van der Waals surface area contributed by atoms with Gasteiger partial charge >= 0.3 is 0 Å². The molecule has 0 bridgehead atoms. The number of nitrogens with zero attached hydrogens (tertiary/aromatic N) is 3. The molecule has 0 atom stereocenters. The molecule has 0 saturated carbocycles. The standard InChI is InChI=1S/C16H29N5S/c1-5-17-16(18-10-14-6-8-22-9-7-14)19-11-15-12(2)20-21(4)13(15)3/h14H,5-11H2,1-4H3,(H2,17,18,19). The van der Waals surface area contributed by atoms with E-state index in [1.807, 2.05) is 11.7 Å². The van der Waals surface area contributed by atoms with Gasteiger partial charge in [0, 0.05) is 31.4 Å². The third-order valence-corrected chi connectivity index (χ3v) is 5.35. The van der Waals surface area contributed by atoms with E-state index in [-0.39, 0.29) is 0 Å². The molecule has 5 nitrogen and oxygen atoms in total. The Morgan fingerprint density at radius 2 is 2.05 bits per heavy atom. The molecule has 0 amide bonds. The summed E-state index contributed by atoms with van der Waals surface area (Å²) in [6, 6.07) is 0. The summed E-state index contributed by atoms with van der Waals surface area (Å²) in [6.45, 7) is 8.86. The van der Waals surface area contributed by atoms with Crippen LogP contribution in [0.15, 0.2) is 4.99 Å². The third kappa shape index (κ3) is 4.66. The summed E-state index contributed by atoms with van der Waals surface area (Å²) in [4.78, 5) is 4.74. The van der Waals surface area contributed by atoms with Gasteiger partial charge in [-0.3, -0.25) is 4.68 Å². The fourth-order valence-electron chi connectivity index (χ4n) is 2.74. The number of nitrogens with one attached hydrogen (secondary N) is 2. The molecule has 1 aromatic rings. The highest BCUT2D eigenvalue weighted by molar-refractivity contribution is 7.99. The molecule has 1 aliphatic heterocycles. The second-order valence-electron chi connectivity index (χ2n) is 5.90. The highest BCUT2D eigenvalue weighted by atomic mass is 32.2. The Bertz CT molecular complexity index is 503. The van der Waals surface area contributed by atoms with Gasteiger partial charge in [0.1, 0.15) is 0 Å². The number of aryl methyl sites for hydroxylation is 2. The maximum Gasteiger partial charge on any atom is 0.191 e. The van der Waals surface area contributed by atoms with Crippen LogP contribution in [0.5, 0.6) is 0 Å². The molecule has 22 heavy (non-hydrogen) atoms. The molecule has 0 aliphatic carbocycles. The van der Waals surface area contributed by atoms with Gasteiger partial charge in [0.05, 0.1) is 12.2 Å². The fourth-order valence-corrected chi connectivity index (χ4v) is 3.94. The average molecular weight is 324 g/mol. The predicted molar refractivity (Wildman–Crippen MR) is 95.5 cm³/mol. The summed E-state index contributed by atoms with van der Waals surface area (Å²) in [5.74, 6) is 4.30. The first-order chi connectivity index (χ1) is 10.6. The highest BCUT2D eigenvalue weighted by Gasteiger charge is 2.14. The summed E-state index contributed by atoms with van der Waals surface area (Å²) in [7, 11) is 1.99. The zero-order valence-corrected chi connectivity index (χ0v) is 15.1. The van der Waals surface area contributed by atoms with Crippen LogP contribution >= 0.6 is 11.8 Å². The van der Waals surface area contributed by atoms with E-state index in [0.29, 0.717) is 6.54 Å². The van der Waals surface area contributed by atoms with Crippen LogP contribution in [0.2, 0.25) is 0 Å². The van der Waals surface area contributed by atoms with Gasteiger partial charge in [-0.05, 0) is 51.0 Å². The van der Waals surface area contributed by atoms with Crippen LogP contribution in [0.1, 0.15) is 36.7 Å². The van der Waals surface area contributed by atoms with Gasteiger partial charge in [-0.2, -0.15) is 16.9 Å². The molecule has 2 rings (SSSR count). The van der Waals surface area contributed by atoms with E-state index in [9.17, 15) is 0 Å². The van der Waals surface area contributed by atoms with Crippen molar-refractivity contribution in [2.45, 2.75) is 40.2 Å². The number of aliphatic imine (C=N–C) groups is 1. The maximum atomic E-state index is 4.74. The van der Waals surface area contributed by atoms with E-state index in [1.165, 1.54) is 35.6 Å². The van der Waals surface area contributed by atoms with Crippen molar-refractivity contribution in [1.29, 1.82) is 0 Å². The first kappa shape index (κ1) is 17.2. The normalized spacial score (nSPS) is 16.8. The molecule has 0 spiro atoms. The van der Waals surface area contributed by atoms with Gasteiger partial charge in [0.2, 0.25) is 0 Å². The van der Waals surface area contributed by atoms with Crippen molar-refractivity contribution >= 4 is 17.7 Å². The van der Waals surface area contributed by atoms with Gasteiger partial charge in [-0.25, -0.2) is 4.99 Å². The van der Waals surface area contributed by atoms with Crippen molar-refractivity contribution < 1.29 is 0 Å². The zero-order valence-electron chi connectivity index (χ0n) is 14.3. The number of hydrogen-bond acceptors (Lipinski definition) is 3. The first-order valence-electron chi connectivity index (χ1n) is 8.20. The van der Waals surface area contributed by atoms with Crippen LogP contribution < -0.4 is 10.6 Å². The van der Waals surface area contributed by atoms with Crippen molar-refractivity contribution in [2.24, 2.45) is 18.0 Å². The monoisotopic (exact) mass is 323 g/mol. The molecule has 0 unspecified atom stereocenters. The van der Waals surface area contributed by atoms with Crippen molar-refractivity contribution in [3.8, 4) is 0 Å². The Morgan fingerprint density at radius 1 is 1.32 bits per heavy atom. The molecule has 2 heterocycles. The molecule has 1 aliphatic rings. The number of hydrogen-bond donors (Lipinski definition) is 2. The molecule has 1 saturated heterocycles. The number of thioether (sulfide) groups is 1. The molecular weight excluding hydrogens is 294 g/mol. The van der Waals surface area contributed by atoms with Crippen LogP contribution in [0.3, 0.4) is 0 Å². The van der Waals surface area contributed by atoms with Gasteiger partial charge in [-0.15, -0.1) is 0 Å². The van der Waals surface area contributed by atoms with Crippen molar-refractivity contribution in [1.82, 2.24) is 20.4 Å². The van der Waals surface area contributed by atoms with Crippen LogP contribution in [0.4, 0.5) is 0 Å². The van der Waals surface area contributed by atoms with Gasteiger partial charge in [0.15, 0.2) is 5.96 Å². The summed E-state index contributed by atoms with van der Waals surface area (Å²) in [5.41, 5.74) is 3.50. The minimum Gasteiger partial charge on any atom is -0.357 e. The molecule has 2 N–H and O–H groups in total. The molecule has 0 radical (unpaired) electrons. The summed E-state index contributed by atoms with van der Waals surface area (Å²) >= 11 is 2.07.